The van der Waals surface area contributed by atoms with Crippen molar-refractivity contribution in [2.45, 2.75) is 25.7 Å². The fourth-order valence-electron chi connectivity index (χ4n) is 3.09. The molecule has 0 radical (unpaired) electrons. The Hall–Kier alpha value is -1.68. The molecule has 0 N–H and O–H groups in total. The van der Waals surface area contributed by atoms with Crippen molar-refractivity contribution in [1.29, 1.82) is 0 Å². The van der Waals surface area contributed by atoms with Crippen molar-refractivity contribution in [3.8, 4) is 0 Å². The zero-order valence-electron chi connectivity index (χ0n) is 13.6. The van der Waals surface area contributed by atoms with Crippen LogP contribution < -0.4 is 0 Å². The van der Waals surface area contributed by atoms with Gasteiger partial charge in [-0.1, -0.05) is 30.3 Å². The van der Waals surface area contributed by atoms with Crippen LogP contribution in [0.2, 0.25) is 0 Å². The molecule has 0 spiro atoms. The van der Waals surface area contributed by atoms with E-state index in [1.165, 1.54) is 12.8 Å². The number of hydrogen-bond acceptors (Lipinski definition) is 3. The van der Waals surface area contributed by atoms with E-state index in [-0.39, 0.29) is 18.1 Å². The Morgan fingerprint density at radius 3 is 2.64 bits per heavy atom. The molecule has 1 aliphatic rings. The summed E-state index contributed by atoms with van der Waals surface area (Å²) in [6.07, 6.45) is 2.98. The zero-order valence-corrected chi connectivity index (χ0v) is 13.6. The second kappa shape index (κ2) is 8.08. The Labute approximate surface area is 133 Å². The first-order valence-electron chi connectivity index (χ1n) is 8.07. The van der Waals surface area contributed by atoms with E-state index >= 15 is 0 Å². The number of nitrogens with zero attached hydrogens (tertiary/aromatic N) is 2. The van der Waals surface area contributed by atoms with Gasteiger partial charge in [-0.3, -0.25) is 9.59 Å². The average molecular weight is 302 g/mol. The summed E-state index contributed by atoms with van der Waals surface area (Å²) >= 11 is 0. The Balaban J connectivity index is 1.75. The van der Waals surface area contributed by atoms with Crippen LogP contribution in [0.1, 0.15) is 36.0 Å². The van der Waals surface area contributed by atoms with Gasteiger partial charge in [0.05, 0.1) is 0 Å². The summed E-state index contributed by atoms with van der Waals surface area (Å²) < 4.78 is 0. The van der Waals surface area contributed by atoms with Gasteiger partial charge in [-0.15, -0.1) is 0 Å². The fourth-order valence-corrected chi connectivity index (χ4v) is 3.09. The second-order valence-corrected chi connectivity index (χ2v) is 6.33. The molecule has 1 aliphatic heterocycles. The normalized spacial score (nSPS) is 18.9. The number of benzene rings is 1. The van der Waals surface area contributed by atoms with Crippen molar-refractivity contribution in [3.63, 3.8) is 0 Å². The molecule has 1 fully saturated rings. The number of hydrogen-bond donors (Lipinski definition) is 0. The third-order valence-corrected chi connectivity index (χ3v) is 4.34. The van der Waals surface area contributed by atoms with Crippen molar-refractivity contribution < 1.29 is 9.59 Å². The first-order valence-corrected chi connectivity index (χ1v) is 8.07. The van der Waals surface area contributed by atoms with Crippen LogP contribution in [0.25, 0.3) is 0 Å². The summed E-state index contributed by atoms with van der Waals surface area (Å²) in [5.74, 6) is 0.662. The number of carbonyl (C=O) groups excluding carboxylic acids is 2. The molecule has 120 valence electrons. The van der Waals surface area contributed by atoms with Gasteiger partial charge in [0.25, 0.3) is 0 Å². The molecule has 4 nitrogen and oxygen atoms in total. The lowest BCUT2D eigenvalue weighted by Gasteiger charge is -2.32. The number of ketones is 1. The van der Waals surface area contributed by atoms with Crippen LogP contribution in [-0.4, -0.2) is 55.2 Å². The lowest BCUT2D eigenvalue weighted by Crippen LogP contribution is -2.40. The van der Waals surface area contributed by atoms with Crippen LogP contribution in [0.4, 0.5) is 0 Å². The molecule has 2 rings (SSSR count). The van der Waals surface area contributed by atoms with E-state index in [2.05, 4.69) is 11.9 Å². The quantitative estimate of drug-likeness (QED) is 0.758. The minimum Gasteiger partial charge on any atom is -0.345 e. The molecule has 0 aromatic heterocycles. The largest absolute Gasteiger partial charge is 0.345 e. The number of rotatable bonds is 6. The molecule has 1 aromatic carbocycles. The highest BCUT2D eigenvalue weighted by atomic mass is 16.2. The van der Waals surface area contributed by atoms with Crippen molar-refractivity contribution in [2.75, 3.05) is 33.7 Å². The summed E-state index contributed by atoms with van der Waals surface area (Å²) in [4.78, 5) is 28.3. The number of amides is 1. The molecule has 1 aromatic rings. The second-order valence-electron chi connectivity index (χ2n) is 6.33. The highest BCUT2D eigenvalue weighted by molar-refractivity contribution is 5.97. The zero-order chi connectivity index (χ0) is 15.9. The predicted molar refractivity (Wildman–Crippen MR) is 87.9 cm³/mol. The molecular formula is C18H26N2O2. The lowest BCUT2D eigenvalue weighted by molar-refractivity contribution is -0.130. The number of carbonyl (C=O) groups is 2. The van der Waals surface area contributed by atoms with E-state index in [1.807, 2.05) is 25.2 Å². The lowest BCUT2D eigenvalue weighted by atomic mass is 9.98. The van der Waals surface area contributed by atoms with Crippen LogP contribution >= 0.6 is 0 Å². The summed E-state index contributed by atoms with van der Waals surface area (Å²) in [5.41, 5.74) is 0.687. The Morgan fingerprint density at radius 1 is 1.23 bits per heavy atom. The smallest absolute Gasteiger partial charge is 0.222 e. The Kier molecular flexibility index (Phi) is 6.13. The number of piperidine rings is 1. The molecule has 0 saturated carbocycles. The monoisotopic (exact) mass is 302 g/mol. The van der Waals surface area contributed by atoms with Crippen molar-refractivity contribution in [2.24, 2.45) is 5.92 Å². The van der Waals surface area contributed by atoms with Crippen molar-refractivity contribution >= 4 is 11.7 Å². The average Bonchev–Trinajstić information content (AvgIpc) is 2.53. The van der Waals surface area contributed by atoms with Crippen molar-refractivity contribution in [1.82, 2.24) is 9.80 Å². The van der Waals surface area contributed by atoms with Gasteiger partial charge in [0.2, 0.25) is 5.91 Å². The highest BCUT2D eigenvalue weighted by Gasteiger charge is 2.21. The van der Waals surface area contributed by atoms with Gasteiger partial charge in [0.15, 0.2) is 5.78 Å². The van der Waals surface area contributed by atoms with Crippen LogP contribution in [0.3, 0.4) is 0 Å². The van der Waals surface area contributed by atoms with E-state index in [9.17, 15) is 9.59 Å². The maximum absolute atomic E-state index is 12.2. The molecule has 1 heterocycles. The third-order valence-electron chi connectivity index (χ3n) is 4.34. The predicted octanol–water partition coefficient (Wildman–Crippen LogP) is 2.45. The van der Waals surface area contributed by atoms with E-state index in [4.69, 9.17) is 0 Å². The molecular weight excluding hydrogens is 276 g/mol. The Morgan fingerprint density at radius 2 is 1.95 bits per heavy atom. The fraction of sp³-hybridized carbons (Fsp3) is 0.556. The van der Waals surface area contributed by atoms with Gasteiger partial charge in [-0.2, -0.15) is 0 Å². The Bertz CT molecular complexity index is 501. The van der Waals surface area contributed by atoms with Crippen LogP contribution in [0, 0.1) is 5.92 Å². The van der Waals surface area contributed by atoms with Gasteiger partial charge in [0.1, 0.15) is 0 Å². The summed E-state index contributed by atoms with van der Waals surface area (Å²) in [6.45, 7) is 3.00. The van der Waals surface area contributed by atoms with E-state index in [0.29, 0.717) is 17.9 Å². The van der Waals surface area contributed by atoms with E-state index in [1.54, 1.807) is 17.0 Å². The van der Waals surface area contributed by atoms with Crippen molar-refractivity contribution in [3.05, 3.63) is 35.9 Å². The molecule has 0 aliphatic carbocycles. The minimum atomic E-state index is 0.0414. The van der Waals surface area contributed by atoms with Gasteiger partial charge in [0, 0.05) is 38.5 Å². The SMILES string of the molecule is CN1CCC[C@H](CN(C)C(=O)CCC(=O)c2ccccc2)C1. The molecule has 1 atom stereocenters. The first kappa shape index (κ1) is 16.7. The van der Waals surface area contributed by atoms with E-state index in [0.717, 1.165) is 19.6 Å². The molecule has 22 heavy (non-hydrogen) atoms. The van der Waals surface area contributed by atoms with E-state index < -0.39 is 0 Å². The first-order chi connectivity index (χ1) is 10.6. The van der Waals surface area contributed by atoms with Crippen LogP contribution in [-0.2, 0) is 4.79 Å². The van der Waals surface area contributed by atoms with Gasteiger partial charge in [-0.25, -0.2) is 0 Å². The summed E-state index contributed by atoms with van der Waals surface area (Å²) in [6, 6.07) is 9.18. The van der Waals surface area contributed by atoms with Crippen LogP contribution in [0.15, 0.2) is 30.3 Å². The van der Waals surface area contributed by atoms with Gasteiger partial charge in [-0.05, 0) is 32.4 Å². The molecule has 1 saturated heterocycles. The molecule has 1 amide bonds. The summed E-state index contributed by atoms with van der Waals surface area (Å²) in [7, 11) is 3.98. The standard InChI is InChI=1S/C18H26N2O2/c1-19-12-6-7-15(13-19)14-20(2)18(22)11-10-17(21)16-8-4-3-5-9-16/h3-5,8-9,15H,6-7,10-14H2,1-2H3/t15-/m0/s1. The molecule has 0 unspecified atom stereocenters. The summed E-state index contributed by atoms with van der Waals surface area (Å²) in [5, 5.41) is 0. The molecule has 4 heteroatoms. The molecule has 0 bridgehead atoms. The number of likely N-dealkylation sites (tertiary alicyclic amines) is 1. The minimum absolute atomic E-state index is 0.0414. The van der Waals surface area contributed by atoms with Crippen LogP contribution in [0.5, 0.6) is 0 Å². The highest BCUT2D eigenvalue weighted by Crippen LogP contribution is 2.16. The number of Topliss-reactive ketones (excluding diaryl/α,β-unsaturated/α-hetero) is 1. The van der Waals surface area contributed by atoms with Gasteiger partial charge < -0.3 is 9.80 Å². The third kappa shape index (κ3) is 4.95. The maximum Gasteiger partial charge on any atom is 0.222 e. The van der Waals surface area contributed by atoms with Gasteiger partial charge >= 0.3 is 0 Å². The maximum atomic E-state index is 12.2. The topological polar surface area (TPSA) is 40.6 Å².